The second-order valence-corrected chi connectivity index (χ2v) is 7.88. The van der Waals surface area contributed by atoms with E-state index in [9.17, 15) is 9.90 Å². The standard InChI is InChI=1S/C16H17BrN2O2S/c17-14-8-7-13(22-14)15(11-5-1-3-9-18-11)19-10-4-2-6-12(19)16(20)21/h1,3,5,7-9,12,15H,2,4,6,10H2,(H,20,21). The molecule has 1 aliphatic heterocycles. The Kier molecular flexibility index (Phi) is 4.90. The molecule has 0 amide bonds. The van der Waals surface area contributed by atoms with E-state index in [1.54, 1.807) is 17.5 Å². The minimum absolute atomic E-state index is 0.0982. The first kappa shape index (κ1) is 15.6. The molecule has 2 atom stereocenters. The third-order valence-electron chi connectivity index (χ3n) is 3.99. The summed E-state index contributed by atoms with van der Waals surface area (Å²) >= 11 is 5.14. The number of carbonyl (C=O) groups is 1. The lowest BCUT2D eigenvalue weighted by atomic mass is 9.97. The molecule has 4 nitrogen and oxygen atoms in total. The summed E-state index contributed by atoms with van der Waals surface area (Å²) in [7, 11) is 0. The van der Waals surface area contributed by atoms with E-state index in [0.29, 0.717) is 6.42 Å². The number of carboxylic acid groups (broad SMARTS) is 1. The minimum Gasteiger partial charge on any atom is -0.480 e. The third kappa shape index (κ3) is 3.24. The molecule has 1 saturated heterocycles. The van der Waals surface area contributed by atoms with E-state index in [0.717, 1.165) is 33.7 Å². The van der Waals surface area contributed by atoms with Crippen LogP contribution < -0.4 is 0 Å². The van der Waals surface area contributed by atoms with E-state index in [-0.39, 0.29) is 6.04 Å². The molecule has 0 saturated carbocycles. The Balaban J connectivity index is 2.02. The van der Waals surface area contributed by atoms with Gasteiger partial charge in [0.1, 0.15) is 6.04 Å². The van der Waals surface area contributed by atoms with Crippen LogP contribution in [0.5, 0.6) is 0 Å². The summed E-state index contributed by atoms with van der Waals surface area (Å²) in [6.07, 6.45) is 4.46. The molecule has 1 aliphatic rings. The van der Waals surface area contributed by atoms with Gasteiger partial charge in [-0.2, -0.15) is 0 Å². The molecule has 116 valence electrons. The highest BCUT2D eigenvalue weighted by atomic mass is 79.9. The van der Waals surface area contributed by atoms with Gasteiger partial charge in [-0.3, -0.25) is 14.7 Å². The van der Waals surface area contributed by atoms with Crippen molar-refractivity contribution in [1.82, 2.24) is 9.88 Å². The topological polar surface area (TPSA) is 53.4 Å². The van der Waals surface area contributed by atoms with Crippen LogP contribution in [-0.2, 0) is 4.79 Å². The van der Waals surface area contributed by atoms with Gasteiger partial charge in [0, 0.05) is 17.6 Å². The summed E-state index contributed by atoms with van der Waals surface area (Å²) < 4.78 is 1.05. The lowest BCUT2D eigenvalue weighted by Gasteiger charge is -2.38. The van der Waals surface area contributed by atoms with Crippen molar-refractivity contribution in [3.8, 4) is 0 Å². The number of hydrogen-bond acceptors (Lipinski definition) is 4. The number of rotatable bonds is 4. The van der Waals surface area contributed by atoms with Crippen LogP contribution in [0.1, 0.15) is 35.9 Å². The molecular formula is C16H17BrN2O2S. The van der Waals surface area contributed by atoms with Crippen molar-refractivity contribution in [1.29, 1.82) is 0 Å². The summed E-state index contributed by atoms with van der Waals surface area (Å²) in [5, 5.41) is 9.59. The van der Waals surface area contributed by atoms with Crippen LogP contribution in [0.3, 0.4) is 0 Å². The fourth-order valence-corrected chi connectivity index (χ4v) is 4.58. The predicted molar refractivity (Wildman–Crippen MR) is 90.1 cm³/mol. The van der Waals surface area contributed by atoms with Crippen LogP contribution in [0.2, 0.25) is 0 Å². The van der Waals surface area contributed by atoms with E-state index in [1.165, 1.54) is 0 Å². The van der Waals surface area contributed by atoms with E-state index in [2.05, 4.69) is 31.9 Å². The lowest BCUT2D eigenvalue weighted by molar-refractivity contribution is -0.145. The Labute approximate surface area is 141 Å². The van der Waals surface area contributed by atoms with Crippen molar-refractivity contribution in [3.05, 3.63) is 50.9 Å². The van der Waals surface area contributed by atoms with Gasteiger partial charge in [0.25, 0.3) is 0 Å². The maximum absolute atomic E-state index is 11.7. The molecule has 0 aromatic carbocycles. The number of likely N-dealkylation sites (tertiary alicyclic amines) is 1. The smallest absolute Gasteiger partial charge is 0.320 e. The van der Waals surface area contributed by atoms with Gasteiger partial charge in [-0.05, 0) is 53.0 Å². The Morgan fingerprint density at radius 2 is 2.23 bits per heavy atom. The molecule has 1 N–H and O–H groups in total. The van der Waals surface area contributed by atoms with Gasteiger partial charge in [0.05, 0.1) is 15.5 Å². The number of halogens is 1. The van der Waals surface area contributed by atoms with Crippen LogP contribution in [-0.4, -0.2) is 33.5 Å². The molecular weight excluding hydrogens is 364 g/mol. The molecule has 22 heavy (non-hydrogen) atoms. The van der Waals surface area contributed by atoms with E-state index in [4.69, 9.17) is 0 Å². The SMILES string of the molecule is O=C(O)C1CCCCN1C(c1ccccn1)c1ccc(Br)s1. The number of carboxylic acids is 1. The largest absolute Gasteiger partial charge is 0.480 e. The maximum Gasteiger partial charge on any atom is 0.320 e. The van der Waals surface area contributed by atoms with Crippen molar-refractivity contribution in [2.24, 2.45) is 0 Å². The van der Waals surface area contributed by atoms with Crippen LogP contribution >= 0.6 is 27.3 Å². The Morgan fingerprint density at radius 3 is 2.86 bits per heavy atom. The van der Waals surface area contributed by atoms with Gasteiger partial charge in [-0.1, -0.05) is 12.5 Å². The van der Waals surface area contributed by atoms with Crippen LogP contribution in [0.25, 0.3) is 0 Å². The number of piperidine rings is 1. The van der Waals surface area contributed by atoms with Crippen molar-refractivity contribution in [2.75, 3.05) is 6.54 Å². The number of thiophene rings is 1. The highest BCUT2D eigenvalue weighted by Gasteiger charge is 2.36. The second-order valence-electron chi connectivity index (χ2n) is 5.39. The van der Waals surface area contributed by atoms with Gasteiger partial charge >= 0.3 is 5.97 Å². The van der Waals surface area contributed by atoms with Gasteiger partial charge in [-0.25, -0.2) is 0 Å². The maximum atomic E-state index is 11.7. The van der Waals surface area contributed by atoms with Gasteiger partial charge in [0.15, 0.2) is 0 Å². The monoisotopic (exact) mass is 380 g/mol. The Bertz CT molecular complexity index is 647. The molecule has 0 bridgehead atoms. The fourth-order valence-electron chi connectivity index (χ4n) is 3.02. The predicted octanol–water partition coefficient (Wildman–Crippen LogP) is 3.93. The first-order chi connectivity index (χ1) is 10.7. The number of aliphatic carboxylic acids is 1. The normalized spacial score (nSPS) is 20.7. The summed E-state index contributed by atoms with van der Waals surface area (Å²) in [5.41, 5.74) is 0.907. The second kappa shape index (κ2) is 6.89. The summed E-state index contributed by atoms with van der Waals surface area (Å²) in [5.74, 6) is -0.740. The zero-order valence-electron chi connectivity index (χ0n) is 12.0. The van der Waals surface area contributed by atoms with E-state index in [1.807, 2.05) is 24.3 Å². The number of pyridine rings is 1. The molecule has 6 heteroatoms. The van der Waals surface area contributed by atoms with Gasteiger partial charge in [0.2, 0.25) is 0 Å². The van der Waals surface area contributed by atoms with Crippen molar-refractivity contribution >= 4 is 33.2 Å². The first-order valence-electron chi connectivity index (χ1n) is 7.31. The average Bonchev–Trinajstić information content (AvgIpc) is 2.95. The summed E-state index contributed by atoms with van der Waals surface area (Å²) in [6, 6.07) is 9.34. The lowest BCUT2D eigenvalue weighted by Crippen LogP contribution is -2.46. The van der Waals surface area contributed by atoms with Crippen molar-refractivity contribution in [3.63, 3.8) is 0 Å². The number of nitrogens with zero attached hydrogens (tertiary/aromatic N) is 2. The minimum atomic E-state index is -0.740. The fraction of sp³-hybridized carbons (Fsp3) is 0.375. The van der Waals surface area contributed by atoms with E-state index >= 15 is 0 Å². The molecule has 2 unspecified atom stereocenters. The molecule has 2 aromatic heterocycles. The molecule has 0 radical (unpaired) electrons. The van der Waals surface area contributed by atoms with Crippen LogP contribution in [0, 0.1) is 0 Å². The highest BCUT2D eigenvalue weighted by Crippen LogP contribution is 2.37. The average molecular weight is 381 g/mol. The molecule has 2 aromatic rings. The van der Waals surface area contributed by atoms with Gasteiger partial charge in [-0.15, -0.1) is 11.3 Å². The first-order valence-corrected chi connectivity index (χ1v) is 8.92. The molecule has 3 heterocycles. The molecule has 3 rings (SSSR count). The van der Waals surface area contributed by atoms with E-state index < -0.39 is 12.0 Å². The third-order valence-corrected chi connectivity index (χ3v) is 5.67. The highest BCUT2D eigenvalue weighted by molar-refractivity contribution is 9.11. The zero-order chi connectivity index (χ0) is 15.5. The molecule has 1 fully saturated rings. The van der Waals surface area contributed by atoms with Crippen molar-refractivity contribution in [2.45, 2.75) is 31.3 Å². The summed E-state index contributed by atoms with van der Waals surface area (Å²) in [6.45, 7) is 0.785. The summed E-state index contributed by atoms with van der Waals surface area (Å²) in [4.78, 5) is 19.4. The molecule has 0 spiro atoms. The Morgan fingerprint density at radius 1 is 1.36 bits per heavy atom. The van der Waals surface area contributed by atoms with Crippen LogP contribution in [0.4, 0.5) is 0 Å². The van der Waals surface area contributed by atoms with Crippen LogP contribution in [0.15, 0.2) is 40.3 Å². The molecule has 0 aliphatic carbocycles. The number of aromatic nitrogens is 1. The quantitative estimate of drug-likeness (QED) is 0.872. The zero-order valence-corrected chi connectivity index (χ0v) is 14.4. The van der Waals surface area contributed by atoms with Gasteiger partial charge < -0.3 is 5.11 Å². The number of hydrogen-bond donors (Lipinski definition) is 1. The Hall–Kier alpha value is -1.24. The van der Waals surface area contributed by atoms with Crippen molar-refractivity contribution < 1.29 is 9.90 Å².